The minimum absolute atomic E-state index is 0.0488. The van der Waals surface area contributed by atoms with Crippen LogP contribution in [0.25, 0.3) is 0 Å². The number of anilines is 3. The molecule has 2 spiro atoms. The summed E-state index contributed by atoms with van der Waals surface area (Å²) in [5.74, 6) is -3.00. The second-order valence-corrected chi connectivity index (χ2v) is 18.2. The highest BCUT2D eigenvalue weighted by Crippen LogP contribution is 2.63. The second-order valence-electron chi connectivity index (χ2n) is 17.4. The van der Waals surface area contributed by atoms with Crippen molar-refractivity contribution in [3.05, 3.63) is 135 Å². The Hall–Kier alpha value is -5.76. The molecular formula is C47H44Cl2FN7O5. The van der Waals surface area contributed by atoms with Gasteiger partial charge in [0, 0.05) is 75.6 Å². The normalized spacial score (nSPS) is 25.0. The van der Waals surface area contributed by atoms with Crippen LogP contribution in [0, 0.1) is 5.82 Å². The Bertz CT molecular complexity index is 2590. The molecule has 4 atom stereocenters. The summed E-state index contributed by atoms with van der Waals surface area (Å²) in [6, 6.07) is 20.4. The molecule has 15 heteroatoms. The zero-order chi connectivity index (χ0) is 43.1. The van der Waals surface area contributed by atoms with Crippen molar-refractivity contribution < 1.29 is 28.4 Å². The number of amides is 5. The third-order valence-corrected chi connectivity index (χ3v) is 14.5. The number of rotatable bonds is 7. The van der Waals surface area contributed by atoms with E-state index in [0.717, 1.165) is 30.5 Å². The van der Waals surface area contributed by atoms with Crippen LogP contribution in [0.5, 0.6) is 0 Å². The highest BCUT2D eigenvalue weighted by molar-refractivity contribution is 6.31. The molecule has 4 aromatic rings. The van der Waals surface area contributed by atoms with Crippen molar-refractivity contribution >= 4 is 69.8 Å². The summed E-state index contributed by atoms with van der Waals surface area (Å²) in [4.78, 5) is 72.2. The van der Waals surface area contributed by atoms with Gasteiger partial charge in [-0.1, -0.05) is 73.3 Å². The maximum absolute atomic E-state index is 16.3. The van der Waals surface area contributed by atoms with Crippen molar-refractivity contribution in [3.8, 4) is 0 Å². The van der Waals surface area contributed by atoms with Crippen molar-refractivity contribution in [2.75, 3.05) is 29.0 Å². The van der Waals surface area contributed by atoms with Gasteiger partial charge in [0.2, 0.25) is 17.7 Å². The number of halogens is 3. The van der Waals surface area contributed by atoms with Gasteiger partial charge in [0.1, 0.15) is 17.3 Å². The van der Waals surface area contributed by atoms with Gasteiger partial charge in [0.15, 0.2) is 0 Å². The highest BCUT2D eigenvalue weighted by atomic mass is 35.5. The molecule has 62 heavy (non-hydrogen) atoms. The van der Waals surface area contributed by atoms with Crippen LogP contribution in [0.2, 0.25) is 10.0 Å². The fourth-order valence-electron chi connectivity index (χ4n) is 11.1. The molecule has 1 saturated carbocycles. The Morgan fingerprint density at radius 2 is 1.66 bits per heavy atom. The first kappa shape index (κ1) is 40.3. The Morgan fingerprint density at radius 1 is 0.903 bits per heavy atom. The number of likely N-dealkylation sites (tertiary alicyclic amines) is 1. The summed E-state index contributed by atoms with van der Waals surface area (Å²) < 4.78 is 16.3. The first-order chi connectivity index (χ1) is 29.9. The maximum atomic E-state index is 16.3. The number of carbonyl (C=O) groups is 5. The molecule has 1 aliphatic carbocycles. The van der Waals surface area contributed by atoms with Gasteiger partial charge < -0.3 is 31.1 Å². The molecule has 1 unspecified atom stereocenters. The molecule has 5 amide bonds. The van der Waals surface area contributed by atoms with E-state index in [-0.39, 0.29) is 40.3 Å². The van der Waals surface area contributed by atoms with Gasteiger partial charge >= 0.3 is 0 Å². The molecule has 10 rings (SSSR count). The van der Waals surface area contributed by atoms with E-state index in [4.69, 9.17) is 23.2 Å². The third-order valence-electron chi connectivity index (χ3n) is 13.9. The van der Waals surface area contributed by atoms with Crippen molar-refractivity contribution in [2.24, 2.45) is 0 Å². The van der Waals surface area contributed by atoms with Gasteiger partial charge in [-0.2, -0.15) is 0 Å². The van der Waals surface area contributed by atoms with Crippen LogP contribution in [0.4, 0.5) is 21.5 Å². The van der Waals surface area contributed by atoms with Gasteiger partial charge in [0.25, 0.3) is 11.8 Å². The molecule has 4 fully saturated rings. The summed E-state index contributed by atoms with van der Waals surface area (Å²) >= 11 is 12.8. The average molecular weight is 877 g/mol. The van der Waals surface area contributed by atoms with Crippen LogP contribution in [0.1, 0.15) is 88.3 Å². The number of piperidine rings is 1. The van der Waals surface area contributed by atoms with E-state index in [1.165, 1.54) is 6.07 Å². The zero-order valence-electron chi connectivity index (χ0n) is 33.7. The molecule has 5 N–H and O–H groups in total. The topological polar surface area (TPSA) is 152 Å². The fourth-order valence-corrected chi connectivity index (χ4v) is 11.4. The standard InChI is InChI=1S/C47H44Cl2FN7O5/c1-25-11-18-37(41(58)51-25)57-24-32-30(44(57)61)7-6-10-35(32)52-29-22-56(23-29)43(60)26-12-15-28(16-13-26)53-42(59)40-38(31-8-5-9-34(49)39(31)50)47(46(55-40)19-3-2-4-20-46)33-17-14-27(48)21-36(33)54-45(47)62/h5-10,12-17,21,29,37-38,40,52,55H,1-4,11,18-20,22-24H2,(H,51,58)(H,53,59)(H,54,62)/t37?,38-,40+,47+/m0/s1. The van der Waals surface area contributed by atoms with Gasteiger partial charge in [-0.05, 0) is 91.4 Å². The van der Waals surface area contributed by atoms with Gasteiger partial charge in [-0.25, -0.2) is 4.39 Å². The molecule has 0 radical (unpaired) electrons. The molecular weight excluding hydrogens is 832 g/mol. The Morgan fingerprint density at radius 3 is 2.42 bits per heavy atom. The van der Waals surface area contributed by atoms with Crippen molar-refractivity contribution in [1.82, 2.24) is 20.4 Å². The first-order valence-corrected chi connectivity index (χ1v) is 21.9. The Kier molecular flexibility index (Phi) is 9.92. The summed E-state index contributed by atoms with van der Waals surface area (Å²) in [7, 11) is 0. The van der Waals surface area contributed by atoms with Crippen LogP contribution in [0.3, 0.4) is 0 Å². The number of nitrogens with zero attached hydrogens (tertiary/aromatic N) is 2. The predicted octanol–water partition coefficient (Wildman–Crippen LogP) is 7.10. The second kappa shape index (κ2) is 15.2. The summed E-state index contributed by atoms with van der Waals surface area (Å²) in [6.07, 6.45) is 4.94. The Balaban J connectivity index is 0.847. The van der Waals surface area contributed by atoms with Crippen LogP contribution < -0.4 is 26.6 Å². The molecule has 12 nitrogen and oxygen atoms in total. The largest absolute Gasteiger partial charge is 0.378 e. The molecule has 5 heterocycles. The van der Waals surface area contributed by atoms with E-state index in [9.17, 15) is 24.0 Å². The predicted molar refractivity (Wildman–Crippen MR) is 234 cm³/mol. The van der Waals surface area contributed by atoms with E-state index in [2.05, 4.69) is 33.2 Å². The molecule has 0 bridgehead atoms. The van der Waals surface area contributed by atoms with Gasteiger partial charge in [-0.3, -0.25) is 29.3 Å². The molecule has 0 aromatic heterocycles. The zero-order valence-corrected chi connectivity index (χ0v) is 35.2. The molecule has 318 valence electrons. The van der Waals surface area contributed by atoms with Crippen molar-refractivity contribution in [2.45, 2.75) is 86.5 Å². The van der Waals surface area contributed by atoms with E-state index >= 15 is 4.39 Å². The van der Waals surface area contributed by atoms with E-state index in [0.29, 0.717) is 84.1 Å². The average Bonchev–Trinajstić information content (AvgIpc) is 3.84. The number of nitrogens with one attached hydrogen (secondary N) is 5. The lowest BCUT2D eigenvalue weighted by molar-refractivity contribution is -0.126. The van der Waals surface area contributed by atoms with E-state index in [1.807, 2.05) is 18.2 Å². The number of carbonyl (C=O) groups excluding carboxylic acids is 5. The lowest BCUT2D eigenvalue weighted by Crippen LogP contribution is -2.60. The smallest absolute Gasteiger partial charge is 0.255 e. The SMILES string of the molecule is C=C1CCC(N2Cc3c(NC4CN(C(=O)c5ccc(NC(=O)[C@@H]6NC7(CCCCC7)[C@@]7(C(=O)Nc8cc(Cl)ccc87)[C@H]6c6cccc(Cl)c6F)cc5)C4)cccc3C2=O)C(=O)N1. The molecule has 3 saturated heterocycles. The van der Waals surface area contributed by atoms with E-state index < -0.39 is 40.7 Å². The van der Waals surface area contributed by atoms with Crippen molar-refractivity contribution in [1.29, 1.82) is 0 Å². The van der Waals surface area contributed by atoms with Crippen molar-refractivity contribution in [3.63, 3.8) is 0 Å². The minimum Gasteiger partial charge on any atom is -0.378 e. The molecule has 4 aromatic carbocycles. The van der Waals surface area contributed by atoms with Gasteiger partial charge in [0.05, 0.1) is 17.1 Å². The lowest BCUT2D eigenvalue weighted by atomic mass is 9.55. The number of allylic oxidation sites excluding steroid dienone is 1. The molecule has 6 aliphatic rings. The van der Waals surface area contributed by atoms with Crippen LogP contribution >= 0.6 is 23.2 Å². The lowest BCUT2D eigenvalue weighted by Gasteiger charge is -2.47. The van der Waals surface area contributed by atoms with Crippen LogP contribution in [0.15, 0.2) is 91.1 Å². The van der Waals surface area contributed by atoms with Gasteiger partial charge in [-0.15, -0.1) is 0 Å². The summed E-state index contributed by atoms with van der Waals surface area (Å²) in [5, 5.41) is 16.3. The number of fused-ring (bicyclic) bond motifs is 4. The summed E-state index contributed by atoms with van der Waals surface area (Å²) in [5.41, 5.74) is 2.86. The van der Waals surface area contributed by atoms with Crippen LogP contribution in [-0.2, 0) is 26.3 Å². The summed E-state index contributed by atoms with van der Waals surface area (Å²) in [6.45, 7) is 5.03. The molecule has 5 aliphatic heterocycles. The number of hydrogen-bond acceptors (Lipinski definition) is 7. The minimum atomic E-state index is -1.36. The first-order valence-electron chi connectivity index (χ1n) is 21.1. The number of benzene rings is 4. The maximum Gasteiger partial charge on any atom is 0.255 e. The van der Waals surface area contributed by atoms with Crippen LogP contribution in [-0.4, -0.2) is 76.1 Å². The quantitative estimate of drug-likeness (QED) is 0.133. The highest BCUT2D eigenvalue weighted by Gasteiger charge is 2.72. The Labute approximate surface area is 367 Å². The fraction of sp³-hybridized carbons (Fsp3) is 0.340. The number of hydrogen-bond donors (Lipinski definition) is 5. The monoisotopic (exact) mass is 875 g/mol. The van der Waals surface area contributed by atoms with E-state index in [1.54, 1.807) is 64.4 Å². The third kappa shape index (κ3) is 6.30.